The van der Waals surface area contributed by atoms with Crippen LogP contribution in [0.5, 0.6) is 0 Å². The van der Waals surface area contributed by atoms with Crippen molar-refractivity contribution in [1.82, 2.24) is 4.90 Å². The van der Waals surface area contributed by atoms with E-state index in [9.17, 15) is 13.2 Å². The van der Waals surface area contributed by atoms with Crippen molar-refractivity contribution < 1.29 is 17.9 Å². The second kappa shape index (κ2) is 5.16. The van der Waals surface area contributed by atoms with Gasteiger partial charge in [0, 0.05) is 25.3 Å². The summed E-state index contributed by atoms with van der Waals surface area (Å²) in [7, 11) is 0. The lowest BCUT2D eigenvalue weighted by molar-refractivity contribution is -0.325. The summed E-state index contributed by atoms with van der Waals surface area (Å²) in [5.74, 6) is 0. The number of rotatable bonds is 3. The summed E-state index contributed by atoms with van der Waals surface area (Å²) in [4.78, 5) is 1.94. The first-order chi connectivity index (χ1) is 8.44. The van der Waals surface area contributed by atoms with Crippen LogP contribution in [0.25, 0.3) is 0 Å². The molecule has 1 heterocycles. The Kier molecular flexibility index (Phi) is 3.77. The number of ether oxygens (including phenoxy) is 1. The lowest BCUT2D eigenvalue weighted by Crippen LogP contribution is -2.34. The Morgan fingerprint density at radius 1 is 1.28 bits per heavy atom. The number of alkyl halides is 3. The van der Waals surface area contributed by atoms with Gasteiger partial charge < -0.3 is 5.73 Å². The summed E-state index contributed by atoms with van der Waals surface area (Å²) in [5, 5.41) is 0. The van der Waals surface area contributed by atoms with Crippen LogP contribution < -0.4 is 5.73 Å². The molecule has 3 nitrogen and oxygen atoms in total. The van der Waals surface area contributed by atoms with Crippen LogP contribution in [0.3, 0.4) is 0 Å². The zero-order valence-electron chi connectivity index (χ0n) is 9.83. The Labute approximate surface area is 103 Å². The molecule has 0 aliphatic carbocycles. The SMILES string of the molecule is Nc1ccc2c(c1)CN(CCOC(F)(F)F)CC2. The molecule has 0 spiro atoms. The van der Waals surface area contributed by atoms with Crippen molar-refractivity contribution >= 4 is 5.69 Å². The first kappa shape index (κ1) is 13.2. The van der Waals surface area contributed by atoms with E-state index in [1.165, 1.54) is 5.56 Å². The molecular weight excluding hydrogens is 245 g/mol. The molecule has 0 bridgehead atoms. The number of anilines is 1. The fourth-order valence-electron chi connectivity index (χ4n) is 2.12. The van der Waals surface area contributed by atoms with Gasteiger partial charge in [0.2, 0.25) is 0 Å². The third-order valence-corrected chi connectivity index (χ3v) is 2.99. The van der Waals surface area contributed by atoms with Crippen molar-refractivity contribution in [2.45, 2.75) is 19.3 Å². The summed E-state index contributed by atoms with van der Waals surface area (Å²) in [6.07, 6.45) is -3.71. The highest BCUT2D eigenvalue weighted by Crippen LogP contribution is 2.21. The molecule has 0 unspecified atom stereocenters. The molecule has 1 aliphatic rings. The Balaban J connectivity index is 1.88. The van der Waals surface area contributed by atoms with E-state index >= 15 is 0 Å². The summed E-state index contributed by atoms with van der Waals surface area (Å²) >= 11 is 0. The van der Waals surface area contributed by atoms with Gasteiger partial charge in [0.05, 0.1) is 6.61 Å². The second-order valence-electron chi connectivity index (χ2n) is 4.35. The van der Waals surface area contributed by atoms with E-state index in [4.69, 9.17) is 5.73 Å². The van der Waals surface area contributed by atoms with Crippen LogP contribution in [0.2, 0.25) is 0 Å². The monoisotopic (exact) mass is 260 g/mol. The Morgan fingerprint density at radius 3 is 2.78 bits per heavy atom. The van der Waals surface area contributed by atoms with Gasteiger partial charge in [-0.2, -0.15) is 0 Å². The normalized spacial score (nSPS) is 16.6. The van der Waals surface area contributed by atoms with Crippen molar-refractivity contribution in [3.8, 4) is 0 Å². The molecule has 0 fully saturated rings. The number of fused-ring (bicyclic) bond motifs is 1. The lowest BCUT2D eigenvalue weighted by atomic mass is 9.99. The van der Waals surface area contributed by atoms with Gasteiger partial charge in [-0.1, -0.05) is 6.07 Å². The van der Waals surface area contributed by atoms with Crippen molar-refractivity contribution in [1.29, 1.82) is 0 Å². The summed E-state index contributed by atoms with van der Waals surface area (Å²) in [5.41, 5.74) is 8.69. The van der Waals surface area contributed by atoms with Gasteiger partial charge in [-0.05, 0) is 29.7 Å². The highest BCUT2D eigenvalue weighted by Gasteiger charge is 2.29. The molecule has 2 rings (SSSR count). The molecule has 0 saturated carbocycles. The van der Waals surface area contributed by atoms with E-state index in [0.717, 1.165) is 18.5 Å². The number of halogens is 3. The van der Waals surface area contributed by atoms with Gasteiger partial charge in [-0.3, -0.25) is 9.64 Å². The predicted molar refractivity (Wildman–Crippen MR) is 61.8 cm³/mol. The quantitative estimate of drug-likeness (QED) is 0.846. The highest BCUT2D eigenvalue weighted by molar-refractivity contribution is 5.45. The topological polar surface area (TPSA) is 38.5 Å². The van der Waals surface area contributed by atoms with Gasteiger partial charge in [0.1, 0.15) is 0 Å². The van der Waals surface area contributed by atoms with Gasteiger partial charge in [0.25, 0.3) is 0 Å². The largest absolute Gasteiger partial charge is 0.522 e. The van der Waals surface area contributed by atoms with Crippen molar-refractivity contribution in [3.63, 3.8) is 0 Å². The standard InChI is InChI=1S/C12H15F3N2O/c13-12(14,15)18-6-5-17-4-3-9-1-2-11(16)7-10(9)8-17/h1-2,7H,3-6,8,16H2. The fraction of sp³-hybridized carbons (Fsp3) is 0.500. The maximum Gasteiger partial charge on any atom is 0.522 e. The van der Waals surface area contributed by atoms with Crippen LogP contribution in [0.15, 0.2) is 18.2 Å². The Hall–Kier alpha value is -1.27. The smallest absolute Gasteiger partial charge is 0.399 e. The number of nitrogen functional groups attached to an aromatic ring is 1. The lowest BCUT2D eigenvalue weighted by Gasteiger charge is -2.28. The number of nitrogens with zero attached hydrogens (tertiary/aromatic N) is 1. The molecule has 1 aliphatic heterocycles. The zero-order chi connectivity index (χ0) is 13.2. The summed E-state index contributed by atoms with van der Waals surface area (Å²) in [6.45, 7) is 1.31. The molecule has 0 radical (unpaired) electrons. The van der Waals surface area contributed by atoms with Crippen molar-refractivity contribution in [2.24, 2.45) is 0 Å². The minimum Gasteiger partial charge on any atom is -0.399 e. The molecule has 0 atom stereocenters. The minimum atomic E-state index is -4.54. The maximum absolute atomic E-state index is 11.8. The average Bonchev–Trinajstić information content (AvgIpc) is 2.26. The van der Waals surface area contributed by atoms with E-state index in [1.807, 2.05) is 23.1 Å². The van der Waals surface area contributed by atoms with Crippen LogP contribution in [-0.2, 0) is 17.7 Å². The van der Waals surface area contributed by atoms with Crippen LogP contribution in [0.4, 0.5) is 18.9 Å². The molecule has 6 heteroatoms. The first-order valence-corrected chi connectivity index (χ1v) is 5.74. The van der Waals surface area contributed by atoms with E-state index in [1.54, 1.807) is 0 Å². The molecule has 1 aromatic carbocycles. The van der Waals surface area contributed by atoms with E-state index in [2.05, 4.69) is 4.74 Å². The molecule has 0 saturated heterocycles. The molecule has 0 aromatic heterocycles. The highest BCUT2D eigenvalue weighted by atomic mass is 19.4. The van der Waals surface area contributed by atoms with Crippen LogP contribution >= 0.6 is 0 Å². The van der Waals surface area contributed by atoms with Gasteiger partial charge in [0.15, 0.2) is 0 Å². The van der Waals surface area contributed by atoms with E-state index in [0.29, 0.717) is 12.2 Å². The Morgan fingerprint density at radius 2 is 2.06 bits per heavy atom. The molecule has 100 valence electrons. The average molecular weight is 260 g/mol. The maximum atomic E-state index is 11.8. The van der Waals surface area contributed by atoms with Crippen LogP contribution in [-0.4, -0.2) is 31.0 Å². The fourth-order valence-corrected chi connectivity index (χ4v) is 2.12. The van der Waals surface area contributed by atoms with Crippen LogP contribution in [0, 0.1) is 0 Å². The Bertz CT molecular complexity index is 420. The third-order valence-electron chi connectivity index (χ3n) is 2.99. The summed E-state index contributed by atoms with van der Waals surface area (Å²) < 4.78 is 39.3. The number of hydrogen-bond donors (Lipinski definition) is 1. The second-order valence-corrected chi connectivity index (χ2v) is 4.35. The van der Waals surface area contributed by atoms with Crippen LogP contribution in [0.1, 0.15) is 11.1 Å². The van der Waals surface area contributed by atoms with E-state index in [-0.39, 0.29) is 13.2 Å². The molecule has 18 heavy (non-hydrogen) atoms. The predicted octanol–water partition coefficient (Wildman–Crippen LogP) is 2.16. The molecule has 2 N–H and O–H groups in total. The molecule has 1 aromatic rings. The van der Waals surface area contributed by atoms with Gasteiger partial charge in [-0.15, -0.1) is 13.2 Å². The molecular formula is C12H15F3N2O. The summed E-state index contributed by atoms with van der Waals surface area (Å²) in [6, 6.07) is 5.71. The third kappa shape index (κ3) is 3.61. The van der Waals surface area contributed by atoms with Crippen molar-refractivity contribution in [3.05, 3.63) is 29.3 Å². The number of benzene rings is 1. The zero-order valence-corrected chi connectivity index (χ0v) is 9.83. The van der Waals surface area contributed by atoms with Gasteiger partial charge >= 0.3 is 6.36 Å². The van der Waals surface area contributed by atoms with E-state index < -0.39 is 6.36 Å². The van der Waals surface area contributed by atoms with Gasteiger partial charge in [-0.25, -0.2) is 0 Å². The van der Waals surface area contributed by atoms with Crippen molar-refractivity contribution in [2.75, 3.05) is 25.4 Å². The minimum absolute atomic E-state index is 0.272. The first-order valence-electron chi connectivity index (χ1n) is 5.74. The molecule has 0 amide bonds. The number of hydrogen-bond acceptors (Lipinski definition) is 3. The number of nitrogens with two attached hydrogens (primary N) is 1.